The van der Waals surface area contributed by atoms with E-state index in [9.17, 15) is 0 Å². The maximum Gasteiger partial charge on any atom is 0.164 e. The summed E-state index contributed by atoms with van der Waals surface area (Å²) in [5.74, 6) is 1.79. The smallest absolute Gasteiger partial charge is 0.164 e. The number of aromatic nitrogens is 5. The minimum absolute atomic E-state index is 0.593. The number of aryl methyl sites for hydroxylation is 2. The van der Waals surface area contributed by atoms with Crippen LogP contribution < -0.4 is 0 Å². The van der Waals surface area contributed by atoms with E-state index >= 15 is 0 Å². The van der Waals surface area contributed by atoms with Crippen LogP contribution in [0.1, 0.15) is 11.1 Å². The second-order valence-electron chi connectivity index (χ2n) is 12.7. The standard InChI is InChI=1S/C45H31N5/c1-28-11-16-36-40(25-28)35-8-4-5-9-37(35)42-39(26-29(2)27-41(36)42)31-14-12-30(13-15-31)34-7-3-6-10-38(34)45-49-43(32-17-21-46-22-18-32)48-44(50-45)33-19-23-47-24-20-33/h3-27H,1-2H3. The second kappa shape index (κ2) is 12.1. The molecule has 0 unspecified atom stereocenters. The van der Waals surface area contributed by atoms with Crippen LogP contribution in [0, 0.1) is 13.8 Å². The number of fused-ring (bicyclic) bond motifs is 6. The molecule has 3 heterocycles. The molecule has 0 atom stereocenters. The number of hydrogen-bond donors (Lipinski definition) is 0. The lowest BCUT2D eigenvalue weighted by Gasteiger charge is -2.16. The molecule has 5 heteroatoms. The Labute approximate surface area is 290 Å². The molecular formula is C45H31N5. The highest BCUT2D eigenvalue weighted by molar-refractivity contribution is 6.28. The molecule has 0 aliphatic heterocycles. The Morgan fingerprint density at radius 1 is 0.340 bits per heavy atom. The number of pyridine rings is 2. The number of nitrogens with zero attached hydrogens (tertiary/aromatic N) is 5. The molecule has 0 aliphatic rings. The topological polar surface area (TPSA) is 64.5 Å². The number of rotatable bonds is 5. The van der Waals surface area contributed by atoms with Crippen molar-refractivity contribution in [3.8, 4) is 56.4 Å². The van der Waals surface area contributed by atoms with E-state index in [4.69, 9.17) is 15.0 Å². The van der Waals surface area contributed by atoms with E-state index in [1.165, 1.54) is 54.6 Å². The molecule has 6 aromatic carbocycles. The predicted molar refractivity (Wildman–Crippen MR) is 205 cm³/mol. The van der Waals surface area contributed by atoms with E-state index in [0.717, 1.165) is 27.8 Å². The van der Waals surface area contributed by atoms with Crippen LogP contribution in [-0.4, -0.2) is 24.9 Å². The fraction of sp³-hybridized carbons (Fsp3) is 0.0444. The van der Waals surface area contributed by atoms with E-state index in [2.05, 4.69) is 121 Å². The lowest BCUT2D eigenvalue weighted by molar-refractivity contribution is 1.07. The van der Waals surface area contributed by atoms with Crippen LogP contribution in [0.4, 0.5) is 0 Å². The molecule has 50 heavy (non-hydrogen) atoms. The number of benzene rings is 6. The van der Waals surface area contributed by atoms with Crippen molar-refractivity contribution in [3.05, 3.63) is 163 Å². The van der Waals surface area contributed by atoms with Gasteiger partial charge in [-0.25, -0.2) is 15.0 Å². The van der Waals surface area contributed by atoms with Gasteiger partial charge in [0.05, 0.1) is 0 Å². The van der Waals surface area contributed by atoms with E-state index in [0.29, 0.717) is 17.5 Å². The normalized spacial score (nSPS) is 11.4. The Kier molecular flexibility index (Phi) is 7.17. The maximum absolute atomic E-state index is 4.99. The molecule has 9 aromatic rings. The van der Waals surface area contributed by atoms with Crippen LogP contribution in [0.25, 0.3) is 88.7 Å². The van der Waals surface area contributed by atoms with Gasteiger partial charge in [-0.15, -0.1) is 0 Å². The van der Waals surface area contributed by atoms with Crippen molar-refractivity contribution in [2.45, 2.75) is 13.8 Å². The highest BCUT2D eigenvalue weighted by Crippen LogP contribution is 2.42. The lowest BCUT2D eigenvalue weighted by Crippen LogP contribution is -2.01. The number of hydrogen-bond acceptors (Lipinski definition) is 5. The summed E-state index contributed by atoms with van der Waals surface area (Å²) < 4.78 is 0. The summed E-state index contributed by atoms with van der Waals surface area (Å²) in [4.78, 5) is 23.2. The zero-order valence-electron chi connectivity index (χ0n) is 27.7. The van der Waals surface area contributed by atoms with Gasteiger partial charge < -0.3 is 0 Å². The van der Waals surface area contributed by atoms with Gasteiger partial charge in [0.2, 0.25) is 0 Å². The van der Waals surface area contributed by atoms with Crippen molar-refractivity contribution in [1.29, 1.82) is 0 Å². The van der Waals surface area contributed by atoms with Crippen molar-refractivity contribution < 1.29 is 0 Å². The zero-order valence-corrected chi connectivity index (χ0v) is 27.7. The van der Waals surface area contributed by atoms with Gasteiger partial charge in [-0.05, 0) is 98.2 Å². The van der Waals surface area contributed by atoms with E-state index in [1.54, 1.807) is 24.8 Å². The van der Waals surface area contributed by atoms with Crippen molar-refractivity contribution in [2.75, 3.05) is 0 Å². The Morgan fingerprint density at radius 2 is 0.860 bits per heavy atom. The molecule has 0 bridgehead atoms. The molecule has 3 aromatic heterocycles. The van der Waals surface area contributed by atoms with Crippen molar-refractivity contribution in [3.63, 3.8) is 0 Å². The van der Waals surface area contributed by atoms with E-state index in [1.807, 2.05) is 30.3 Å². The summed E-state index contributed by atoms with van der Waals surface area (Å²) in [6.07, 6.45) is 7.02. The van der Waals surface area contributed by atoms with Gasteiger partial charge in [-0.1, -0.05) is 109 Å². The van der Waals surface area contributed by atoms with Crippen LogP contribution in [0.2, 0.25) is 0 Å². The summed E-state index contributed by atoms with van der Waals surface area (Å²) in [6, 6.07) is 45.2. The summed E-state index contributed by atoms with van der Waals surface area (Å²) in [5.41, 5.74) is 9.74. The average Bonchev–Trinajstić information content (AvgIpc) is 3.18. The van der Waals surface area contributed by atoms with Crippen LogP contribution >= 0.6 is 0 Å². The molecular weight excluding hydrogens is 611 g/mol. The largest absolute Gasteiger partial charge is 0.265 e. The Morgan fingerprint density at radius 3 is 1.52 bits per heavy atom. The molecule has 0 spiro atoms. The monoisotopic (exact) mass is 641 g/mol. The van der Waals surface area contributed by atoms with Gasteiger partial charge in [-0.2, -0.15) is 0 Å². The van der Waals surface area contributed by atoms with Crippen LogP contribution in [0.3, 0.4) is 0 Å². The predicted octanol–water partition coefficient (Wildman–Crippen LogP) is 11.1. The molecule has 0 aliphatic carbocycles. The highest BCUT2D eigenvalue weighted by atomic mass is 15.0. The summed E-state index contributed by atoms with van der Waals surface area (Å²) in [7, 11) is 0. The van der Waals surface area contributed by atoms with Crippen LogP contribution in [0.15, 0.2) is 152 Å². The third-order valence-corrected chi connectivity index (χ3v) is 9.42. The maximum atomic E-state index is 4.99. The van der Waals surface area contributed by atoms with Crippen LogP contribution in [0.5, 0.6) is 0 Å². The molecule has 236 valence electrons. The average molecular weight is 642 g/mol. The molecule has 0 amide bonds. The molecule has 9 rings (SSSR count). The van der Waals surface area contributed by atoms with Crippen molar-refractivity contribution >= 4 is 32.3 Å². The van der Waals surface area contributed by atoms with Gasteiger partial charge in [0.15, 0.2) is 17.5 Å². The fourth-order valence-corrected chi connectivity index (χ4v) is 7.08. The molecule has 0 saturated carbocycles. The second-order valence-corrected chi connectivity index (χ2v) is 12.7. The molecule has 0 saturated heterocycles. The van der Waals surface area contributed by atoms with Gasteiger partial charge in [-0.3, -0.25) is 9.97 Å². The van der Waals surface area contributed by atoms with E-state index < -0.39 is 0 Å². The van der Waals surface area contributed by atoms with E-state index in [-0.39, 0.29) is 0 Å². The Balaban J connectivity index is 1.19. The first kappa shape index (κ1) is 29.5. The zero-order chi connectivity index (χ0) is 33.6. The Bertz CT molecular complexity index is 2650. The summed E-state index contributed by atoms with van der Waals surface area (Å²) in [5, 5.41) is 7.71. The van der Waals surface area contributed by atoms with Gasteiger partial charge in [0, 0.05) is 41.5 Å². The highest BCUT2D eigenvalue weighted by Gasteiger charge is 2.17. The molecule has 0 radical (unpaired) electrons. The summed E-state index contributed by atoms with van der Waals surface area (Å²) >= 11 is 0. The first-order valence-corrected chi connectivity index (χ1v) is 16.7. The van der Waals surface area contributed by atoms with Crippen molar-refractivity contribution in [1.82, 2.24) is 24.9 Å². The third kappa shape index (κ3) is 5.17. The first-order chi connectivity index (χ1) is 24.6. The van der Waals surface area contributed by atoms with Gasteiger partial charge in [0.1, 0.15) is 0 Å². The van der Waals surface area contributed by atoms with Gasteiger partial charge >= 0.3 is 0 Å². The molecule has 0 N–H and O–H groups in total. The molecule has 5 nitrogen and oxygen atoms in total. The summed E-state index contributed by atoms with van der Waals surface area (Å²) in [6.45, 7) is 4.36. The Hall–Kier alpha value is -6.59. The van der Waals surface area contributed by atoms with Gasteiger partial charge in [0.25, 0.3) is 0 Å². The van der Waals surface area contributed by atoms with Crippen LogP contribution in [-0.2, 0) is 0 Å². The molecule has 0 fully saturated rings. The first-order valence-electron chi connectivity index (χ1n) is 16.7. The minimum atomic E-state index is 0.593. The fourth-order valence-electron chi connectivity index (χ4n) is 7.08. The quantitative estimate of drug-likeness (QED) is 0.175. The lowest BCUT2D eigenvalue weighted by atomic mass is 9.87. The minimum Gasteiger partial charge on any atom is -0.265 e. The SMILES string of the molecule is Cc1ccc2c(c1)c1ccccc1c1c(-c3ccc(-c4ccccc4-c4nc(-c5ccncc5)nc(-c5ccncc5)n4)cc3)cc(C)cc21. The third-order valence-electron chi connectivity index (χ3n) is 9.42. The van der Waals surface area contributed by atoms with Crippen molar-refractivity contribution in [2.24, 2.45) is 0 Å².